The van der Waals surface area contributed by atoms with Gasteiger partial charge in [0.25, 0.3) is 0 Å². The standard InChI is InChI=1S/C39H56Br2N2/c1-25(2)7-6-8-26(3)33-17-18-34-37-35(20-22-39(33,34)5)38(4)21-19-32(42-30-13-9-28(40)10-14-30)23-27(38)24-36(37)43-31-15-11-29(41)12-16-31/h9-16,25-27,32-37,42-43H,6-8,17-24H2,1-5H3/t26-,27-,32+,33-,34+,35+,36-,37+,38+,39-/m1/s1. The lowest BCUT2D eigenvalue weighted by atomic mass is 9.43. The Morgan fingerprint density at radius 3 is 1.98 bits per heavy atom. The maximum atomic E-state index is 4.20. The minimum Gasteiger partial charge on any atom is -0.382 e. The van der Waals surface area contributed by atoms with Crippen molar-refractivity contribution >= 4 is 43.2 Å². The highest BCUT2D eigenvalue weighted by molar-refractivity contribution is 9.10. The summed E-state index contributed by atoms with van der Waals surface area (Å²) in [5.74, 6) is 5.82. The van der Waals surface area contributed by atoms with E-state index < -0.39 is 0 Å². The van der Waals surface area contributed by atoms with E-state index >= 15 is 0 Å². The maximum Gasteiger partial charge on any atom is 0.0343 e. The first-order valence-electron chi connectivity index (χ1n) is 17.6. The van der Waals surface area contributed by atoms with Gasteiger partial charge in [-0.25, -0.2) is 0 Å². The largest absolute Gasteiger partial charge is 0.382 e. The molecule has 0 heterocycles. The van der Waals surface area contributed by atoms with Gasteiger partial charge >= 0.3 is 0 Å². The molecule has 0 unspecified atom stereocenters. The Labute approximate surface area is 279 Å². The van der Waals surface area contributed by atoms with Crippen molar-refractivity contribution in [2.24, 2.45) is 52.3 Å². The first kappa shape index (κ1) is 32.0. The van der Waals surface area contributed by atoms with Crippen LogP contribution >= 0.6 is 31.9 Å². The molecule has 0 aromatic heterocycles. The molecule has 10 atom stereocenters. The first-order chi connectivity index (χ1) is 20.6. The van der Waals surface area contributed by atoms with Gasteiger partial charge < -0.3 is 10.6 Å². The summed E-state index contributed by atoms with van der Waals surface area (Å²) >= 11 is 7.28. The van der Waals surface area contributed by atoms with E-state index in [2.05, 4.69) is 126 Å². The predicted molar refractivity (Wildman–Crippen MR) is 192 cm³/mol. The predicted octanol–water partition coefficient (Wildman–Crippen LogP) is 12.2. The molecule has 4 fully saturated rings. The second-order valence-electron chi connectivity index (χ2n) is 16.1. The maximum absolute atomic E-state index is 4.20. The van der Waals surface area contributed by atoms with Crippen LogP contribution in [-0.4, -0.2) is 12.1 Å². The van der Waals surface area contributed by atoms with Crippen LogP contribution in [0.1, 0.15) is 105 Å². The number of fused-ring (bicyclic) bond motifs is 5. The van der Waals surface area contributed by atoms with Crippen LogP contribution in [0.2, 0.25) is 0 Å². The summed E-state index contributed by atoms with van der Waals surface area (Å²) in [5.41, 5.74) is 3.53. The Kier molecular flexibility index (Phi) is 9.67. The first-order valence-corrected chi connectivity index (χ1v) is 19.2. The molecule has 0 spiro atoms. The van der Waals surface area contributed by atoms with Crippen LogP contribution in [-0.2, 0) is 0 Å². The van der Waals surface area contributed by atoms with Crippen LogP contribution in [0.15, 0.2) is 57.5 Å². The molecular formula is C39H56Br2N2. The molecular weight excluding hydrogens is 656 g/mol. The average molecular weight is 713 g/mol. The second-order valence-corrected chi connectivity index (χ2v) is 18.0. The third kappa shape index (κ3) is 6.49. The molecule has 2 nitrogen and oxygen atoms in total. The molecule has 4 heteroatoms. The molecule has 236 valence electrons. The fraction of sp³-hybridized carbons (Fsp3) is 0.692. The Bertz CT molecular complexity index is 1210. The van der Waals surface area contributed by atoms with E-state index in [1.807, 2.05) is 0 Å². The van der Waals surface area contributed by atoms with Gasteiger partial charge in [-0.3, -0.25) is 0 Å². The van der Waals surface area contributed by atoms with Crippen LogP contribution < -0.4 is 10.6 Å². The quantitative estimate of drug-likeness (QED) is 0.270. The van der Waals surface area contributed by atoms with Crippen molar-refractivity contribution in [2.75, 3.05) is 10.6 Å². The number of hydrogen-bond donors (Lipinski definition) is 2. The summed E-state index contributed by atoms with van der Waals surface area (Å²) in [6.07, 6.45) is 15.3. The summed E-state index contributed by atoms with van der Waals surface area (Å²) in [6, 6.07) is 18.9. The number of rotatable bonds is 9. The highest BCUT2D eigenvalue weighted by Crippen LogP contribution is 2.68. The van der Waals surface area contributed by atoms with Gasteiger partial charge in [0.1, 0.15) is 0 Å². The molecule has 43 heavy (non-hydrogen) atoms. The van der Waals surface area contributed by atoms with Crippen LogP contribution in [0.4, 0.5) is 11.4 Å². The highest BCUT2D eigenvalue weighted by Gasteiger charge is 2.63. The van der Waals surface area contributed by atoms with Crippen molar-refractivity contribution in [1.82, 2.24) is 0 Å². The van der Waals surface area contributed by atoms with Crippen molar-refractivity contribution in [3.8, 4) is 0 Å². The summed E-state index contributed by atoms with van der Waals surface area (Å²) in [7, 11) is 0. The molecule has 6 rings (SSSR count). The monoisotopic (exact) mass is 710 g/mol. The zero-order valence-electron chi connectivity index (χ0n) is 27.3. The Hall–Kier alpha value is -1.00. The summed E-state index contributed by atoms with van der Waals surface area (Å²) in [5, 5.41) is 8.14. The van der Waals surface area contributed by atoms with Crippen molar-refractivity contribution in [1.29, 1.82) is 0 Å². The van der Waals surface area contributed by atoms with E-state index in [-0.39, 0.29) is 0 Å². The number of benzene rings is 2. The van der Waals surface area contributed by atoms with Crippen molar-refractivity contribution < 1.29 is 0 Å². The van der Waals surface area contributed by atoms with Crippen molar-refractivity contribution in [3.05, 3.63) is 57.5 Å². The van der Waals surface area contributed by atoms with Gasteiger partial charge in [0.05, 0.1) is 0 Å². The molecule has 0 bridgehead atoms. The van der Waals surface area contributed by atoms with Crippen LogP contribution in [0, 0.1) is 52.3 Å². The van der Waals surface area contributed by atoms with E-state index in [0.29, 0.717) is 22.9 Å². The van der Waals surface area contributed by atoms with Crippen LogP contribution in [0.25, 0.3) is 0 Å². The molecule has 0 radical (unpaired) electrons. The smallest absolute Gasteiger partial charge is 0.0343 e. The van der Waals surface area contributed by atoms with Gasteiger partial charge in [0.15, 0.2) is 0 Å². The SMILES string of the molecule is CC(C)CCC[C@@H](C)[C@H]1CC[C@H]2[C@@H]3[C@H](Nc4ccc(Br)cc4)C[C@H]4C[C@@H](Nc5ccc(Br)cc5)CC[C@]4(C)[C@H]3CC[C@]12C. The number of anilines is 2. The van der Waals surface area contributed by atoms with E-state index in [9.17, 15) is 0 Å². The van der Waals surface area contributed by atoms with Crippen LogP contribution in [0.5, 0.6) is 0 Å². The Morgan fingerprint density at radius 1 is 0.721 bits per heavy atom. The van der Waals surface area contributed by atoms with E-state index in [4.69, 9.17) is 0 Å². The molecule has 4 aliphatic rings. The van der Waals surface area contributed by atoms with Crippen LogP contribution in [0.3, 0.4) is 0 Å². The fourth-order valence-corrected chi connectivity index (χ4v) is 11.6. The molecule has 2 aromatic carbocycles. The average Bonchev–Trinajstić information content (AvgIpc) is 3.33. The Balaban J connectivity index is 1.25. The number of halogens is 2. The van der Waals surface area contributed by atoms with E-state index in [1.54, 1.807) is 0 Å². The number of nitrogens with one attached hydrogen (secondary N) is 2. The van der Waals surface area contributed by atoms with Gasteiger partial charge in [0, 0.05) is 32.4 Å². The van der Waals surface area contributed by atoms with Gasteiger partial charge in [-0.15, -0.1) is 0 Å². The minimum atomic E-state index is 0.461. The molecule has 0 amide bonds. The summed E-state index contributed by atoms with van der Waals surface area (Å²) in [4.78, 5) is 0. The zero-order valence-corrected chi connectivity index (χ0v) is 30.5. The lowest BCUT2D eigenvalue weighted by molar-refractivity contribution is -0.120. The van der Waals surface area contributed by atoms with E-state index in [1.165, 1.54) is 82.0 Å². The molecule has 0 saturated heterocycles. The minimum absolute atomic E-state index is 0.461. The lowest BCUT2D eigenvalue weighted by Crippen LogP contribution is -2.60. The topological polar surface area (TPSA) is 24.1 Å². The van der Waals surface area contributed by atoms with Gasteiger partial charge in [-0.1, -0.05) is 85.7 Å². The lowest BCUT2D eigenvalue weighted by Gasteiger charge is -2.63. The molecule has 2 N–H and O–H groups in total. The summed E-state index contributed by atoms with van der Waals surface area (Å²) in [6.45, 7) is 12.9. The normalized spacial score (nSPS) is 37.7. The Morgan fingerprint density at radius 2 is 1.33 bits per heavy atom. The third-order valence-corrected chi connectivity index (χ3v) is 14.4. The van der Waals surface area contributed by atoms with Gasteiger partial charge in [-0.05, 0) is 152 Å². The van der Waals surface area contributed by atoms with Crippen molar-refractivity contribution in [2.45, 2.75) is 117 Å². The van der Waals surface area contributed by atoms with E-state index in [0.717, 1.165) is 50.4 Å². The number of hydrogen-bond acceptors (Lipinski definition) is 2. The third-order valence-electron chi connectivity index (χ3n) is 13.3. The molecule has 2 aromatic rings. The fourth-order valence-electron chi connectivity index (χ4n) is 11.1. The van der Waals surface area contributed by atoms with Crippen molar-refractivity contribution in [3.63, 3.8) is 0 Å². The highest BCUT2D eigenvalue weighted by atomic mass is 79.9. The summed E-state index contributed by atoms with van der Waals surface area (Å²) < 4.78 is 2.31. The zero-order chi connectivity index (χ0) is 30.4. The van der Waals surface area contributed by atoms with Gasteiger partial charge in [-0.2, -0.15) is 0 Å². The molecule has 0 aliphatic heterocycles. The second kappa shape index (κ2) is 13.0. The van der Waals surface area contributed by atoms with Gasteiger partial charge in [0.2, 0.25) is 0 Å². The molecule has 4 aliphatic carbocycles. The molecule has 4 saturated carbocycles.